The minimum Gasteiger partial charge on any atom is -0.462 e. The van der Waals surface area contributed by atoms with Crippen molar-refractivity contribution in [3.8, 4) is 0 Å². The van der Waals surface area contributed by atoms with Gasteiger partial charge in [0.05, 0.1) is 6.42 Å². The number of unbranched alkanes of at least 4 members (excludes halogenated alkanes) is 20. The van der Waals surface area contributed by atoms with E-state index in [1.54, 1.807) is 6.08 Å². The Kier molecular flexibility index (Phi) is 44.0. The van der Waals surface area contributed by atoms with Gasteiger partial charge in [0.1, 0.15) is 13.2 Å². The van der Waals surface area contributed by atoms with E-state index in [1.807, 2.05) is 6.08 Å². The smallest absolute Gasteiger partial charge is 0.310 e. The van der Waals surface area contributed by atoms with E-state index in [9.17, 15) is 14.4 Å². The molecule has 0 rings (SSSR count). The maximum atomic E-state index is 12.7. The number of carbonyl (C=O) groups is 3. The molecule has 0 saturated carbocycles. The minimum absolute atomic E-state index is 0.0972. The highest BCUT2D eigenvalue weighted by molar-refractivity contribution is 5.72. The van der Waals surface area contributed by atoms with Crippen molar-refractivity contribution < 1.29 is 28.6 Å². The summed E-state index contributed by atoms with van der Waals surface area (Å²) in [6, 6.07) is 0. The molecule has 0 N–H and O–H groups in total. The maximum absolute atomic E-state index is 12.7. The molecule has 0 aromatic carbocycles. The van der Waals surface area contributed by atoms with E-state index in [0.717, 1.165) is 70.6 Å². The van der Waals surface area contributed by atoms with Crippen LogP contribution in [-0.2, 0) is 28.6 Å². The molecule has 0 aliphatic rings. The van der Waals surface area contributed by atoms with Crippen LogP contribution in [0.15, 0.2) is 72.9 Å². The van der Waals surface area contributed by atoms with Crippen LogP contribution in [0.4, 0.5) is 0 Å². The largest absolute Gasteiger partial charge is 0.462 e. The van der Waals surface area contributed by atoms with Crippen LogP contribution >= 0.6 is 0 Å². The Balaban J connectivity index is 4.40. The van der Waals surface area contributed by atoms with Gasteiger partial charge in [-0.25, -0.2) is 0 Å². The lowest BCUT2D eigenvalue weighted by Crippen LogP contribution is -2.30. The molecule has 58 heavy (non-hydrogen) atoms. The summed E-state index contributed by atoms with van der Waals surface area (Å²) in [6.07, 6.45) is 57.8. The Morgan fingerprint density at radius 1 is 0.379 bits per heavy atom. The van der Waals surface area contributed by atoms with Crippen LogP contribution in [0.3, 0.4) is 0 Å². The highest BCUT2D eigenvalue weighted by Crippen LogP contribution is 2.13. The number of rotatable bonds is 42. The summed E-state index contributed by atoms with van der Waals surface area (Å²) >= 11 is 0. The van der Waals surface area contributed by atoms with Crippen molar-refractivity contribution in [2.45, 2.75) is 226 Å². The van der Waals surface area contributed by atoms with Gasteiger partial charge in [0.2, 0.25) is 0 Å². The molecule has 1 unspecified atom stereocenters. The van der Waals surface area contributed by atoms with E-state index >= 15 is 0 Å². The van der Waals surface area contributed by atoms with Crippen LogP contribution in [0.25, 0.3) is 0 Å². The average molecular weight is 809 g/mol. The number of allylic oxidation sites excluding steroid dienone is 11. The summed E-state index contributed by atoms with van der Waals surface area (Å²) in [7, 11) is 0. The topological polar surface area (TPSA) is 78.9 Å². The molecule has 0 aliphatic carbocycles. The fraction of sp³-hybridized carbons (Fsp3) is 0.712. The normalized spacial score (nSPS) is 12.7. The van der Waals surface area contributed by atoms with Gasteiger partial charge >= 0.3 is 17.9 Å². The zero-order valence-corrected chi connectivity index (χ0v) is 37.8. The molecule has 6 nitrogen and oxygen atoms in total. The Hall–Kier alpha value is -3.15. The fourth-order valence-corrected chi connectivity index (χ4v) is 6.39. The first-order valence-corrected chi connectivity index (χ1v) is 23.9. The number of ether oxygens (including phenoxy) is 3. The zero-order valence-electron chi connectivity index (χ0n) is 37.8. The van der Waals surface area contributed by atoms with Gasteiger partial charge < -0.3 is 14.2 Å². The first-order chi connectivity index (χ1) is 28.5. The van der Waals surface area contributed by atoms with E-state index in [0.29, 0.717) is 12.8 Å². The number of hydrogen-bond donors (Lipinski definition) is 0. The van der Waals surface area contributed by atoms with Crippen molar-refractivity contribution in [3.63, 3.8) is 0 Å². The summed E-state index contributed by atoms with van der Waals surface area (Å²) in [5, 5.41) is 0. The van der Waals surface area contributed by atoms with Crippen molar-refractivity contribution in [1.29, 1.82) is 0 Å². The van der Waals surface area contributed by atoms with Crippen LogP contribution < -0.4 is 0 Å². The van der Waals surface area contributed by atoms with Crippen LogP contribution in [0.5, 0.6) is 0 Å². The Morgan fingerprint density at radius 3 is 1.12 bits per heavy atom. The Bertz CT molecular complexity index is 1110. The Morgan fingerprint density at radius 2 is 0.724 bits per heavy atom. The minimum atomic E-state index is -0.827. The van der Waals surface area contributed by atoms with Crippen LogP contribution in [-0.4, -0.2) is 37.2 Å². The summed E-state index contributed by atoms with van der Waals surface area (Å²) in [5.41, 5.74) is 0. The lowest BCUT2D eigenvalue weighted by Gasteiger charge is -2.18. The zero-order chi connectivity index (χ0) is 42.3. The molecule has 0 saturated heterocycles. The third kappa shape index (κ3) is 44.0. The van der Waals surface area contributed by atoms with Gasteiger partial charge in [0.15, 0.2) is 6.10 Å². The first-order valence-electron chi connectivity index (χ1n) is 23.9. The number of carbonyl (C=O) groups excluding carboxylic acids is 3. The standard InChI is InChI=1S/C52H88O6/c1-4-7-10-13-16-18-20-22-24-25-26-28-29-31-33-36-39-42-45-51(54)57-48-49(47-56-50(53)44-41-38-35-15-12-9-6-3)58-52(55)46-43-40-37-34-32-30-27-23-21-19-17-14-11-8-5-2/h8,11,17,19,23-25,27,32,34,40,43,49H,4-7,9-10,12-16,18,20-22,26,28-31,33,35-39,41-42,44-48H2,1-3H3/b11-8-,19-17-,25-24-,27-23-,34-32-,43-40-. The van der Waals surface area contributed by atoms with E-state index in [2.05, 4.69) is 81.5 Å². The molecule has 6 heteroatoms. The van der Waals surface area contributed by atoms with E-state index in [1.165, 1.54) is 109 Å². The van der Waals surface area contributed by atoms with Crippen molar-refractivity contribution in [2.75, 3.05) is 13.2 Å². The van der Waals surface area contributed by atoms with Crippen LogP contribution in [0, 0.1) is 0 Å². The van der Waals surface area contributed by atoms with Crippen molar-refractivity contribution in [2.24, 2.45) is 0 Å². The molecule has 0 spiro atoms. The molecular weight excluding hydrogens is 721 g/mol. The molecule has 0 aliphatic heterocycles. The predicted molar refractivity (Wildman–Crippen MR) is 247 cm³/mol. The summed E-state index contributed by atoms with van der Waals surface area (Å²) < 4.78 is 16.6. The second kappa shape index (κ2) is 46.5. The highest BCUT2D eigenvalue weighted by atomic mass is 16.6. The third-order valence-corrected chi connectivity index (χ3v) is 9.98. The molecule has 0 radical (unpaired) electrons. The van der Waals surface area contributed by atoms with Crippen LogP contribution in [0.1, 0.15) is 220 Å². The molecule has 0 fully saturated rings. The fourth-order valence-electron chi connectivity index (χ4n) is 6.39. The molecule has 332 valence electrons. The van der Waals surface area contributed by atoms with Crippen LogP contribution in [0.2, 0.25) is 0 Å². The van der Waals surface area contributed by atoms with Gasteiger partial charge in [-0.15, -0.1) is 0 Å². The molecule has 0 bridgehead atoms. The summed E-state index contributed by atoms with van der Waals surface area (Å²) in [6.45, 7) is 6.38. The number of esters is 3. The Labute approximate surface area is 357 Å². The van der Waals surface area contributed by atoms with Crippen molar-refractivity contribution in [3.05, 3.63) is 72.9 Å². The quantitative estimate of drug-likeness (QED) is 0.0264. The van der Waals surface area contributed by atoms with Crippen molar-refractivity contribution >= 4 is 17.9 Å². The lowest BCUT2D eigenvalue weighted by molar-refractivity contribution is -0.166. The van der Waals surface area contributed by atoms with Gasteiger partial charge in [-0.05, 0) is 70.6 Å². The second-order valence-corrected chi connectivity index (χ2v) is 15.7. The summed E-state index contributed by atoms with van der Waals surface area (Å²) in [5.74, 6) is -1.06. The third-order valence-electron chi connectivity index (χ3n) is 9.98. The van der Waals surface area contributed by atoms with Gasteiger partial charge in [-0.3, -0.25) is 14.4 Å². The van der Waals surface area contributed by atoms with Crippen molar-refractivity contribution in [1.82, 2.24) is 0 Å². The average Bonchev–Trinajstić information content (AvgIpc) is 3.22. The monoisotopic (exact) mass is 809 g/mol. The van der Waals surface area contributed by atoms with Gasteiger partial charge in [0.25, 0.3) is 0 Å². The molecule has 0 amide bonds. The lowest BCUT2D eigenvalue weighted by atomic mass is 10.1. The molecule has 0 aromatic heterocycles. The molecular formula is C52H88O6. The van der Waals surface area contributed by atoms with Gasteiger partial charge in [-0.1, -0.05) is 203 Å². The molecule has 1 atom stereocenters. The van der Waals surface area contributed by atoms with Gasteiger partial charge in [-0.2, -0.15) is 0 Å². The molecule has 0 aromatic rings. The van der Waals surface area contributed by atoms with E-state index < -0.39 is 12.1 Å². The van der Waals surface area contributed by atoms with Gasteiger partial charge in [0, 0.05) is 12.8 Å². The second-order valence-electron chi connectivity index (χ2n) is 15.7. The summed E-state index contributed by atoms with van der Waals surface area (Å²) in [4.78, 5) is 37.6. The SMILES string of the molecule is CC/C=C\C/C=C\C/C=C\C/C=C\C/C=C\CC(=O)OC(COC(=O)CCCCCCCCC)COC(=O)CCCCCCCCC/C=C\CCCCCCCCC. The van der Waals surface area contributed by atoms with E-state index in [-0.39, 0.29) is 31.6 Å². The first kappa shape index (κ1) is 54.9. The maximum Gasteiger partial charge on any atom is 0.310 e. The molecule has 0 heterocycles. The predicted octanol–water partition coefficient (Wildman–Crippen LogP) is 15.5. The number of hydrogen-bond acceptors (Lipinski definition) is 6. The highest BCUT2D eigenvalue weighted by Gasteiger charge is 2.19. The van der Waals surface area contributed by atoms with E-state index in [4.69, 9.17) is 14.2 Å².